The van der Waals surface area contributed by atoms with Crippen molar-refractivity contribution in [3.63, 3.8) is 0 Å². The van der Waals surface area contributed by atoms with Crippen LogP contribution < -0.4 is 10.2 Å². The number of rotatable bonds is 5. The summed E-state index contributed by atoms with van der Waals surface area (Å²) in [4.78, 5) is 6.65. The van der Waals surface area contributed by atoms with Crippen LogP contribution in [0.4, 0.5) is 10.2 Å². The lowest BCUT2D eigenvalue weighted by Crippen LogP contribution is -2.35. The van der Waals surface area contributed by atoms with Crippen molar-refractivity contribution in [1.29, 1.82) is 0 Å². The molecule has 0 aliphatic carbocycles. The predicted molar refractivity (Wildman–Crippen MR) is 81.4 cm³/mol. The Kier molecular flexibility index (Phi) is 5.35. The molecule has 0 amide bonds. The minimum atomic E-state index is -0.252. The minimum Gasteiger partial charge on any atom is -0.356 e. The van der Waals surface area contributed by atoms with Crippen LogP contribution in [-0.4, -0.2) is 24.1 Å². The zero-order valence-electron chi connectivity index (χ0n) is 12.8. The molecule has 1 aliphatic heterocycles. The van der Waals surface area contributed by atoms with Crippen molar-refractivity contribution in [1.82, 2.24) is 10.3 Å². The number of nitrogens with zero attached hydrogens (tertiary/aromatic N) is 2. The molecule has 112 valence electrons. The van der Waals surface area contributed by atoms with Crippen molar-refractivity contribution in [2.75, 3.05) is 18.0 Å². The number of piperidine rings is 1. The lowest BCUT2D eigenvalue weighted by molar-refractivity contribution is 0.393. The Morgan fingerprint density at radius 3 is 2.70 bits per heavy atom. The summed E-state index contributed by atoms with van der Waals surface area (Å²) in [5.74, 6) is 1.54. The molecule has 1 aliphatic rings. The van der Waals surface area contributed by atoms with Gasteiger partial charge in [-0.2, -0.15) is 0 Å². The van der Waals surface area contributed by atoms with Crippen LogP contribution in [0, 0.1) is 11.7 Å². The van der Waals surface area contributed by atoms with Crippen molar-refractivity contribution in [2.24, 2.45) is 5.92 Å². The summed E-state index contributed by atoms with van der Waals surface area (Å²) in [5.41, 5.74) is 0.966. The monoisotopic (exact) mass is 279 g/mol. The molecular weight excluding hydrogens is 253 g/mol. The third-order valence-corrected chi connectivity index (χ3v) is 4.10. The molecule has 0 atom stereocenters. The van der Waals surface area contributed by atoms with Crippen LogP contribution >= 0.6 is 0 Å². The van der Waals surface area contributed by atoms with Crippen molar-refractivity contribution in [3.05, 3.63) is 23.6 Å². The summed E-state index contributed by atoms with van der Waals surface area (Å²) < 4.78 is 13.4. The summed E-state index contributed by atoms with van der Waals surface area (Å²) in [5, 5.41) is 3.36. The van der Waals surface area contributed by atoms with E-state index in [1.165, 1.54) is 25.5 Å². The summed E-state index contributed by atoms with van der Waals surface area (Å²) in [6.45, 7) is 9.19. The fraction of sp³-hybridized carbons (Fsp3) is 0.688. The van der Waals surface area contributed by atoms with Gasteiger partial charge in [0, 0.05) is 31.2 Å². The lowest BCUT2D eigenvalue weighted by atomic mass is 9.94. The molecule has 4 heteroatoms. The van der Waals surface area contributed by atoms with Crippen molar-refractivity contribution >= 4 is 5.82 Å². The van der Waals surface area contributed by atoms with E-state index in [4.69, 9.17) is 0 Å². The average Bonchev–Trinajstić information content (AvgIpc) is 2.45. The second-order valence-corrected chi connectivity index (χ2v) is 6.01. The van der Waals surface area contributed by atoms with Crippen LogP contribution in [0.5, 0.6) is 0 Å². The van der Waals surface area contributed by atoms with E-state index in [0.717, 1.165) is 30.4 Å². The molecule has 0 bridgehead atoms. The van der Waals surface area contributed by atoms with Gasteiger partial charge in [0.15, 0.2) is 0 Å². The first-order valence-corrected chi connectivity index (χ1v) is 7.73. The van der Waals surface area contributed by atoms with Gasteiger partial charge < -0.3 is 10.2 Å². The van der Waals surface area contributed by atoms with E-state index in [0.29, 0.717) is 12.6 Å². The number of nitrogens with one attached hydrogen (secondary N) is 1. The molecule has 1 saturated heterocycles. The van der Waals surface area contributed by atoms with Crippen LogP contribution in [0.15, 0.2) is 12.3 Å². The fourth-order valence-electron chi connectivity index (χ4n) is 2.76. The Bertz CT molecular complexity index is 426. The topological polar surface area (TPSA) is 28.2 Å². The molecule has 0 radical (unpaired) electrons. The molecule has 1 aromatic heterocycles. The molecule has 0 spiro atoms. The number of pyridine rings is 1. The maximum atomic E-state index is 13.4. The maximum absolute atomic E-state index is 13.4. The summed E-state index contributed by atoms with van der Waals surface area (Å²) in [6, 6.07) is 2.00. The summed E-state index contributed by atoms with van der Waals surface area (Å²) >= 11 is 0. The van der Waals surface area contributed by atoms with Crippen molar-refractivity contribution < 1.29 is 4.39 Å². The highest BCUT2D eigenvalue weighted by Crippen LogP contribution is 2.26. The van der Waals surface area contributed by atoms with Gasteiger partial charge in [-0.15, -0.1) is 0 Å². The van der Waals surface area contributed by atoms with Gasteiger partial charge in [-0.25, -0.2) is 9.37 Å². The molecule has 1 aromatic rings. The number of hydrogen-bond donors (Lipinski definition) is 1. The first-order chi connectivity index (χ1) is 9.60. The van der Waals surface area contributed by atoms with Gasteiger partial charge in [0.2, 0.25) is 0 Å². The summed E-state index contributed by atoms with van der Waals surface area (Å²) in [7, 11) is 0. The highest BCUT2D eigenvalue weighted by Gasteiger charge is 2.21. The third-order valence-electron chi connectivity index (χ3n) is 4.10. The molecule has 0 aromatic carbocycles. The molecule has 0 saturated carbocycles. The molecule has 20 heavy (non-hydrogen) atoms. The van der Waals surface area contributed by atoms with Gasteiger partial charge in [-0.3, -0.25) is 0 Å². The average molecular weight is 279 g/mol. The third kappa shape index (κ3) is 3.92. The normalized spacial score (nSPS) is 16.9. The molecule has 2 heterocycles. The SMILES string of the molecule is CCC1CCN(c2ncc(F)cc2CNC(C)C)CC1. The fourth-order valence-corrected chi connectivity index (χ4v) is 2.76. The van der Waals surface area contributed by atoms with Crippen LogP contribution in [0.3, 0.4) is 0 Å². The summed E-state index contributed by atoms with van der Waals surface area (Å²) in [6.07, 6.45) is 5.02. The molecular formula is C16H26FN3. The standard InChI is InChI=1S/C16H26FN3/c1-4-13-5-7-20(8-6-13)16-14(10-18-12(2)3)9-15(17)11-19-16/h9,11-13,18H,4-8,10H2,1-3H3. The Hall–Kier alpha value is -1.16. The Labute approximate surface area is 121 Å². The van der Waals surface area contributed by atoms with E-state index in [2.05, 4.69) is 36.0 Å². The van der Waals surface area contributed by atoms with Crippen LogP contribution in [0.1, 0.15) is 45.6 Å². The Balaban J connectivity index is 2.10. The minimum absolute atomic E-state index is 0.252. The highest BCUT2D eigenvalue weighted by molar-refractivity contribution is 5.47. The van der Waals surface area contributed by atoms with Crippen LogP contribution in [-0.2, 0) is 6.54 Å². The Morgan fingerprint density at radius 1 is 1.40 bits per heavy atom. The number of anilines is 1. The van der Waals surface area contributed by atoms with Gasteiger partial charge in [-0.1, -0.05) is 27.2 Å². The van der Waals surface area contributed by atoms with E-state index in [-0.39, 0.29) is 5.82 Å². The van der Waals surface area contributed by atoms with E-state index < -0.39 is 0 Å². The number of hydrogen-bond acceptors (Lipinski definition) is 3. The number of halogens is 1. The molecule has 3 nitrogen and oxygen atoms in total. The van der Waals surface area contributed by atoms with Gasteiger partial charge in [0.1, 0.15) is 11.6 Å². The molecule has 0 unspecified atom stereocenters. The van der Waals surface area contributed by atoms with Gasteiger partial charge >= 0.3 is 0 Å². The number of aromatic nitrogens is 1. The van der Waals surface area contributed by atoms with E-state index >= 15 is 0 Å². The van der Waals surface area contributed by atoms with Crippen LogP contribution in [0.25, 0.3) is 0 Å². The first kappa shape index (κ1) is 15.2. The largest absolute Gasteiger partial charge is 0.356 e. The molecule has 2 rings (SSSR count). The van der Waals surface area contributed by atoms with Crippen molar-refractivity contribution in [3.8, 4) is 0 Å². The van der Waals surface area contributed by atoms with Gasteiger partial charge in [0.05, 0.1) is 6.20 Å². The highest BCUT2D eigenvalue weighted by atomic mass is 19.1. The van der Waals surface area contributed by atoms with E-state index in [1.54, 1.807) is 6.07 Å². The lowest BCUT2D eigenvalue weighted by Gasteiger charge is -2.33. The van der Waals surface area contributed by atoms with Crippen LogP contribution in [0.2, 0.25) is 0 Å². The second kappa shape index (κ2) is 7.02. The first-order valence-electron chi connectivity index (χ1n) is 7.73. The van der Waals surface area contributed by atoms with Gasteiger partial charge in [-0.05, 0) is 24.8 Å². The maximum Gasteiger partial charge on any atom is 0.141 e. The second-order valence-electron chi connectivity index (χ2n) is 6.01. The van der Waals surface area contributed by atoms with E-state index in [1.807, 2.05) is 0 Å². The zero-order valence-corrected chi connectivity index (χ0v) is 12.8. The quantitative estimate of drug-likeness (QED) is 0.896. The Morgan fingerprint density at radius 2 is 2.10 bits per heavy atom. The van der Waals surface area contributed by atoms with Crippen molar-refractivity contribution in [2.45, 2.75) is 52.6 Å². The smallest absolute Gasteiger partial charge is 0.141 e. The zero-order chi connectivity index (χ0) is 14.5. The molecule has 1 N–H and O–H groups in total. The molecule has 1 fully saturated rings. The van der Waals surface area contributed by atoms with E-state index in [9.17, 15) is 4.39 Å². The van der Waals surface area contributed by atoms with Gasteiger partial charge in [0.25, 0.3) is 0 Å². The predicted octanol–water partition coefficient (Wildman–Crippen LogP) is 3.35.